The van der Waals surface area contributed by atoms with Crippen LogP contribution < -0.4 is 5.32 Å². The zero-order chi connectivity index (χ0) is 21.3. The lowest BCUT2D eigenvalue weighted by atomic mass is 10.1. The summed E-state index contributed by atoms with van der Waals surface area (Å²) in [5.74, 6) is -0.0981. The molecule has 4 rings (SSSR count). The fraction of sp³-hybridized carbons (Fsp3) is 0.333. The number of nitrogens with one attached hydrogen (secondary N) is 2. The van der Waals surface area contributed by atoms with Crippen molar-refractivity contribution in [3.63, 3.8) is 0 Å². The standard InChI is InChI=1S/C21H25N5O3S/c1-15-10-16(2)12-17(11-15)24-20(27)14-25-6-8-26(9-7-25)30(28,29)19-13-23-21-18(19)4-3-5-22-21/h3-5,10-13H,6-9,14H2,1-2H3,(H,22,23)(H,24,27). The molecule has 2 aromatic heterocycles. The lowest BCUT2D eigenvalue weighted by Gasteiger charge is -2.33. The molecule has 0 spiro atoms. The van der Waals surface area contributed by atoms with E-state index in [9.17, 15) is 13.2 Å². The molecule has 9 heteroatoms. The molecule has 2 N–H and O–H groups in total. The van der Waals surface area contributed by atoms with Crippen LogP contribution in [0.2, 0.25) is 0 Å². The van der Waals surface area contributed by atoms with Gasteiger partial charge in [0.1, 0.15) is 10.5 Å². The van der Waals surface area contributed by atoms with E-state index >= 15 is 0 Å². The largest absolute Gasteiger partial charge is 0.345 e. The molecule has 3 heterocycles. The van der Waals surface area contributed by atoms with Crippen molar-refractivity contribution in [3.05, 3.63) is 53.9 Å². The summed E-state index contributed by atoms with van der Waals surface area (Å²) in [5.41, 5.74) is 3.53. The van der Waals surface area contributed by atoms with Crippen LogP contribution in [0.25, 0.3) is 11.0 Å². The number of amides is 1. The summed E-state index contributed by atoms with van der Waals surface area (Å²) in [6.45, 7) is 5.90. The molecule has 1 fully saturated rings. The Balaban J connectivity index is 1.37. The van der Waals surface area contributed by atoms with Gasteiger partial charge in [0.2, 0.25) is 15.9 Å². The van der Waals surface area contributed by atoms with E-state index in [4.69, 9.17) is 0 Å². The highest BCUT2D eigenvalue weighted by Gasteiger charge is 2.31. The SMILES string of the molecule is Cc1cc(C)cc(NC(=O)CN2CCN(S(=O)(=O)c3c[nH]c4ncccc34)CC2)c1. The Morgan fingerprint density at radius 3 is 2.53 bits per heavy atom. The molecule has 0 atom stereocenters. The number of carbonyl (C=O) groups excluding carboxylic acids is 1. The van der Waals surface area contributed by atoms with Crippen molar-refractivity contribution in [2.24, 2.45) is 0 Å². The van der Waals surface area contributed by atoms with Gasteiger partial charge < -0.3 is 10.3 Å². The predicted octanol–water partition coefficient (Wildman–Crippen LogP) is 2.12. The number of aromatic nitrogens is 2. The first-order valence-electron chi connectivity index (χ1n) is 9.86. The number of aryl methyl sites for hydroxylation is 2. The van der Waals surface area contributed by atoms with Gasteiger partial charge in [-0.15, -0.1) is 0 Å². The minimum Gasteiger partial charge on any atom is -0.345 e. The second-order valence-electron chi connectivity index (χ2n) is 7.66. The molecule has 30 heavy (non-hydrogen) atoms. The van der Waals surface area contributed by atoms with E-state index in [0.717, 1.165) is 16.8 Å². The fourth-order valence-electron chi connectivity index (χ4n) is 3.86. The van der Waals surface area contributed by atoms with Crippen molar-refractivity contribution < 1.29 is 13.2 Å². The van der Waals surface area contributed by atoms with Gasteiger partial charge in [-0.1, -0.05) is 6.07 Å². The molecule has 0 unspecified atom stereocenters. The molecule has 158 valence electrons. The van der Waals surface area contributed by atoms with Gasteiger partial charge in [-0.2, -0.15) is 4.31 Å². The number of H-pyrrole nitrogens is 1. The van der Waals surface area contributed by atoms with Gasteiger partial charge in [0.25, 0.3) is 0 Å². The number of nitrogens with zero attached hydrogens (tertiary/aromatic N) is 3. The minimum atomic E-state index is -3.62. The Bertz CT molecular complexity index is 1160. The van der Waals surface area contributed by atoms with E-state index in [-0.39, 0.29) is 17.3 Å². The van der Waals surface area contributed by atoms with E-state index < -0.39 is 10.0 Å². The van der Waals surface area contributed by atoms with Crippen molar-refractivity contribution in [2.75, 3.05) is 38.0 Å². The normalized spacial score (nSPS) is 16.1. The van der Waals surface area contributed by atoms with Gasteiger partial charge in [-0.3, -0.25) is 9.69 Å². The average Bonchev–Trinajstić information content (AvgIpc) is 3.12. The summed E-state index contributed by atoms with van der Waals surface area (Å²) in [5, 5.41) is 3.52. The number of rotatable bonds is 5. The maximum absolute atomic E-state index is 13.1. The maximum atomic E-state index is 13.1. The first kappa shape index (κ1) is 20.5. The van der Waals surface area contributed by atoms with Crippen molar-refractivity contribution in [2.45, 2.75) is 18.7 Å². The number of hydrogen-bond acceptors (Lipinski definition) is 5. The van der Waals surface area contributed by atoms with Gasteiger partial charge in [0.05, 0.1) is 6.54 Å². The first-order chi connectivity index (χ1) is 14.3. The lowest BCUT2D eigenvalue weighted by Crippen LogP contribution is -2.50. The molecule has 0 aliphatic carbocycles. The number of pyridine rings is 1. The molecule has 1 saturated heterocycles. The number of fused-ring (bicyclic) bond motifs is 1. The third-order valence-electron chi connectivity index (χ3n) is 5.23. The number of sulfonamides is 1. The number of aromatic amines is 1. The fourth-order valence-corrected chi connectivity index (χ4v) is 5.43. The lowest BCUT2D eigenvalue weighted by molar-refractivity contribution is -0.117. The topological polar surface area (TPSA) is 98.4 Å². The molecule has 0 radical (unpaired) electrons. The number of anilines is 1. The Labute approximate surface area is 176 Å². The zero-order valence-corrected chi connectivity index (χ0v) is 17.9. The van der Waals surface area contributed by atoms with Crippen LogP contribution in [-0.2, 0) is 14.8 Å². The molecular weight excluding hydrogens is 402 g/mol. The first-order valence-corrected chi connectivity index (χ1v) is 11.3. The van der Waals surface area contributed by atoms with E-state index in [1.807, 2.05) is 30.9 Å². The summed E-state index contributed by atoms with van der Waals surface area (Å²) in [6.07, 6.45) is 3.12. The monoisotopic (exact) mass is 427 g/mol. The summed E-state index contributed by atoms with van der Waals surface area (Å²) in [6, 6.07) is 9.40. The summed E-state index contributed by atoms with van der Waals surface area (Å²) in [4.78, 5) is 21.7. The summed E-state index contributed by atoms with van der Waals surface area (Å²) >= 11 is 0. The molecule has 0 bridgehead atoms. The van der Waals surface area contributed by atoms with Crippen LogP contribution in [0.15, 0.2) is 47.6 Å². The summed E-state index contributed by atoms with van der Waals surface area (Å²) in [7, 11) is -3.62. The van der Waals surface area contributed by atoms with E-state index in [0.29, 0.717) is 37.2 Å². The van der Waals surface area contributed by atoms with Crippen LogP contribution in [-0.4, -0.2) is 66.2 Å². The smallest absolute Gasteiger partial charge is 0.245 e. The Morgan fingerprint density at radius 2 is 1.83 bits per heavy atom. The van der Waals surface area contributed by atoms with Crippen LogP contribution in [0.4, 0.5) is 5.69 Å². The second kappa shape index (κ2) is 8.17. The third kappa shape index (κ3) is 4.23. The third-order valence-corrected chi connectivity index (χ3v) is 7.17. The number of carbonyl (C=O) groups is 1. The van der Waals surface area contributed by atoms with Crippen molar-refractivity contribution in [1.82, 2.24) is 19.2 Å². The molecule has 1 aliphatic heterocycles. The Morgan fingerprint density at radius 1 is 1.13 bits per heavy atom. The van der Waals surface area contributed by atoms with Crippen LogP contribution in [0.5, 0.6) is 0 Å². The number of hydrogen-bond donors (Lipinski definition) is 2. The quantitative estimate of drug-likeness (QED) is 0.650. The predicted molar refractivity (Wildman–Crippen MR) is 116 cm³/mol. The minimum absolute atomic E-state index is 0.0981. The molecule has 0 saturated carbocycles. The van der Waals surface area contributed by atoms with Crippen molar-refractivity contribution in [3.8, 4) is 0 Å². The van der Waals surface area contributed by atoms with E-state index in [1.54, 1.807) is 18.3 Å². The number of benzene rings is 1. The zero-order valence-electron chi connectivity index (χ0n) is 17.1. The Hall–Kier alpha value is -2.75. The van der Waals surface area contributed by atoms with Crippen molar-refractivity contribution in [1.29, 1.82) is 0 Å². The van der Waals surface area contributed by atoms with Gasteiger partial charge in [-0.25, -0.2) is 13.4 Å². The van der Waals surface area contributed by atoms with E-state index in [2.05, 4.69) is 21.4 Å². The molecule has 1 aliphatic rings. The van der Waals surface area contributed by atoms with Crippen LogP contribution >= 0.6 is 0 Å². The maximum Gasteiger partial charge on any atom is 0.245 e. The molecule has 8 nitrogen and oxygen atoms in total. The van der Waals surface area contributed by atoms with Crippen LogP contribution in [0.1, 0.15) is 11.1 Å². The van der Waals surface area contributed by atoms with Crippen LogP contribution in [0, 0.1) is 13.8 Å². The van der Waals surface area contributed by atoms with Gasteiger partial charge >= 0.3 is 0 Å². The van der Waals surface area contributed by atoms with Gasteiger partial charge in [0, 0.05) is 49.6 Å². The second-order valence-corrected chi connectivity index (χ2v) is 9.56. The van der Waals surface area contributed by atoms with Gasteiger partial charge in [0.15, 0.2) is 0 Å². The Kier molecular flexibility index (Phi) is 5.59. The number of piperazine rings is 1. The van der Waals surface area contributed by atoms with Crippen LogP contribution in [0.3, 0.4) is 0 Å². The molecule has 3 aromatic rings. The summed E-state index contributed by atoms with van der Waals surface area (Å²) < 4.78 is 27.6. The highest BCUT2D eigenvalue weighted by Crippen LogP contribution is 2.25. The molecular formula is C21H25N5O3S. The van der Waals surface area contributed by atoms with Gasteiger partial charge in [-0.05, 0) is 49.2 Å². The highest BCUT2D eigenvalue weighted by atomic mass is 32.2. The average molecular weight is 428 g/mol. The van der Waals surface area contributed by atoms with Crippen molar-refractivity contribution >= 4 is 32.7 Å². The highest BCUT2D eigenvalue weighted by molar-refractivity contribution is 7.89. The molecule has 1 aromatic carbocycles. The molecule has 1 amide bonds. The van der Waals surface area contributed by atoms with E-state index in [1.165, 1.54) is 10.5 Å².